The first-order valence-corrected chi connectivity index (χ1v) is 8.50. The maximum absolute atomic E-state index is 3.75. The van der Waals surface area contributed by atoms with Crippen molar-refractivity contribution in [1.82, 2.24) is 5.32 Å². The lowest BCUT2D eigenvalue weighted by Crippen LogP contribution is -2.34. The van der Waals surface area contributed by atoms with Gasteiger partial charge in [-0.1, -0.05) is 26.8 Å². The van der Waals surface area contributed by atoms with Gasteiger partial charge in [-0.25, -0.2) is 0 Å². The number of hydrogen-bond acceptors (Lipinski definition) is 2. The molecule has 1 aromatic carbocycles. The normalized spacial score (nSPS) is 11.4. The summed E-state index contributed by atoms with van der Waals surface area (Å²) in [5, 5.41) is 3.45. The van der Waals surface area contributed by atoms with Crippen molar-refractivity contribution < 1.29 is 0 Å². The van der Waals surface area contributed by atoms with Crippen molar-refractivity contribution in [2.24, 2.45) is 5.92 Å². The summed E-state index contributed by atoms with van der Waals surface area (Å²) in [7, 11) is 0. The molecule has 0 heterocycles. The Hall–Kier alpha value is -0.540. The van der Waals surface area contributed by atoms with Crippen molar-refractivity contribution in [1.29, 1.82) is 0 Å². The molecule has 1 N–H and O–H groups in total. The Morgan fingerprint density at radius 1 is 1.20 bits per heavy atom. The summed E-state index contributed by atoms with van der Waals surface area (Å²) in [6, 6.07) is 7.24. The number of hydrogen-bond donors (Lipinski definition) is 1. The number of anilines is 1. The number of nitrogens with one attached hydrogen (secondary N) is 1. The van der Waals surface area contributed by atoms with E-state index in [1.807, 2.05) is 0 Å². The molecular weight excluding hydrogens is 312 g/mol. The maximum atomic E-state index is 3.75. The van der Waals surface area contributed by atoms with E-state index in [9.17, 15) is 0 Å². The van der Waals surface area contributed by atoms with Crippen molar-refractivity contribution in [2.75, 3.05) is 18.0 Å². The number of nitrogens with zero attached hydrogens (tertiary/aromatic N) is 1. The minimum absolute atomic E-state index is 0.512. The Balaban J connectivity index is 2.84. The highest BCUT2D eigenvalue weighted by Gasteiger charge is 2.15. The summed E-state index contributed by atoms with van der Waals surface area (Å²) in [4.78, 5) is 2.47. The second-order valence-electron chi connectivity index (χ2n) is 6.10. The summed E-state index contributed by atoms with van der Waals surface area (Å²) in [5.41, 5.74) is 2.63. The van der Waals surface area contributed by atoms with Crippen LogP contribution in [0.2, 0.25) is 0 Å². The van der Waals surface area contributed by atoms with E-state index in [0.29, 0.717) is 12.0 Å². The average Bonchev–Trinajstić information content (AvgIpc) is 2.36. The largest absolute Gasteiger partial charge is 0.368 e. The molecule has 0 aromatic heterocycles. The Kier molecular flexibility index (Phi) is 7.60. The summed E-state index contributed by atoms with van der Waals surface area (Å²) in [5.74, 6) is 0.662. The van der Waals surface area contributed by atoms with Crippen LogP contribution in [0.5, 0.6) is 0 Å². The third-order valence-electron chi connectivity index (χ3n) is 3.26. The molecule has 0 aliphatic carbocycles. The summed E-state index contributed by atoms with van der Waals surface area (Å²) < 4.78 is 1.20. The zero-order valence-corrected chi connectivity index (χ0v) is 15.1. The van der Waals surface area contributed by atoms with Crippen molar-refractivity contribution >= 4 is 21.6 Å². The molecule has 0 saturated heterocycles. The van der Waals surface area contributed by atoms with Crippen molar-refractivity contribution in [3.8, 4) is 0 Å². The third kappa shape index (κ3) is 5.45. The molecule has 0 spiro atoms. The van der Waals surface area contributed by atoms with E-state index < -0.39 is 0 Å². The fourth-order valence-corrected chi connectivity index (χ4v) is 2.94. The van der Waals surface area contributed by atoms with E-state index in [-0.39, 0.29) is 0 Å². The van der Waals surface area contributed by atoms with Gasteiger partial charge in [0, 0.05) is 23.6 Å². The highest BCUT2D eigenvalue weighted by Crippen LogP contribution is 2.29. The van der Waals surface area contributed by atoms with Gasteiger partial charge in [0.15, 0.2) is 0 Å². The van der Waals surface area contributed by atoms with Crippen LogP contribution in [0.3, 0.4) is 0 Å². The third-order valence-corrected chi connectivity index (χ3v) is 3.90. The number of benzene rings is 1. The second-order valence-corrected chi connectivity index (χ2v) is 6.96. The number of halogens is 1. The molecule has 3 heteroatoms. The topological polar surface area (TPSA) is 15.3 Å². The zero-order valence-electron chi connectivity index (χ0n) is 13.5. The van der Waals surface area contributed by atoms with Crippen LogP contribution in [-0.2, 0) is 6.54 Å². The van der Waals surface area contributed by atoms with Crippen LogP contribution in [0.25, 0.3) is 0 Å². The lowest BCUT2D eigenvalue weighted by atomic mass is 10.1. The molecule has 0 aliphatic heterocycles. The Labute approximate surface area is 133 Å². The van der Waals surface area contributed by atoms with Gasteiger partial charge in [-0.15, -0.1) is 0 Å². The molecule has 0 unspecified atom stereocenters. The molecule has 0 aliphatic rings. The van der Waals surface area contributed by atoms with Crippen LogP contribution < -0.4 is 10.2 Å². The predicted molar refractivity (Wildman–Crippen MR) is 93.5 cm³/mol. The molecule has 20 heavy (non-hydrogen) atoms. The van der Waals surface area contributed by atoms with Crippen LogP contribution in [0.15, 0.2) is 22.7 Å². The van der Waals surface area contributed by atoms with E-state index in [1.165, 1.54) is 22.1 Å². The molecular formula is C17H29BrN2. The molecule has 114 valence electrons. The lowest BCUT2D eigenvalue weighted by Gasteiger charge is -2.31. The van der Waals surface area contributed by atoms with Gasteiger partial charge in [-0.3, -0.25) is 0 Å². The average molecular weight is 341 g/mol. The van der Waals surface area contributed by atoms with Gasteiger partial charge >= 0.3 is 0 Å². The minimum Gasteiger partial charge on any atom is -0.368 e. The smallest absolute Gasteiger partial charge is 0.0513 e. The van der Waals surface area contributed by atoms with E-state index in [2.05, 4.69) is 79.0 Å². The van der Waals surface area contributed by atoms with Crippen LogP contribution in [0.1, 0.15) is 46.6 Å². The monoisotopic (exact) mass is 340 g/mol. The SMILES string of the molecule is CCCNCc1ccc(N(CC(C)C)C(C)C)c(Br)c1. The van der Waals surface area contributed by atoms with Gasteiger partial charge in [0.25, 0.3) is 0 Å². The zero-order chi connectivity index (χ0) is 15.1. The van der Waals surface area contributed by atoms with Crippen molar-refractivity contribution in [2.45, 2.75) is 53.6 Å². The minimum atomic E-state index is 0.512. The van der Waals surface area contributed by atoms with Crippen molar-refractivity contribution in [3.05, 3.63) is 28.2 Å². The summed E-state index contributed by atoms with van der Waals surface area (Å²) in [6.45, 7) is 14.3. The fraction of sp³-hybridized carbons (Fsp3) is 0.647. The molecule has 0 saturated carbocycles. The van der Waals surface area contributed by atoms with E-state index >= 15 is 0 Å². The van der Waals surface area contributed by atoms with Crippen LogP contribution in [0.4, 0.5) is 5.69 Å². The molecule has 0 atom stereocenters. The first kappa shape index (κ1) is 17.5. The van der Waals surface area contributed by atoms with Gasteiger partial charge in [-0.2, -0.15) is 0 Å². The van der Waals surface area contributed by atoms with Gasteiger partial charge in [0.2, 0.25) is 0 Å². The Morgan fingerprint density at radius 2 is 1.90 bits per heavy atom. The van der Waals surface area contributed by atoms with Gasteiger partial charge in [0.1, 0.15) is 0 Å². The van der Waals surface area contributed by atoms with Crippen LogP contribution in [-0.4, -0.2) is 19.1 Å². The lowest BCUT2D eigenvalue weighted by molar-refractivity contribution is 0.570. The molecule has 1 aromatic rings. The molecule has 2 nitrogen and oxygen atoms in total. The first-order valence-electron chi connectivity index (χ1n) is 7.71. The molecule has 0 amide bonds. The predicted octanol–water partition coefficient (Wildman–Crippen LogP) is 4.82. The van der Waals surface area contributed by atoms with E-state index in [4.69, 9.17) is 0 Å². The van der Waals surface area contributed by atoms with Gasteiger partial charge < -0.3 is 10.2 Å². The Bertz CT molecular complexity index is 402. The van der Waals surface area contributed by atoms with Gasteiger partial charge in [-0.05, 0) is 66.4 Å². The standard InChI is InChI=1S/C17H29BrN2/c1-6-9-19-11-15-7-8-17(16(18)10-15)20(14(4)5)12-13(2)3/h7-8,10,13-14,19H,6,9,11-12H2,1-5H3. The maximum Gasteiger partial charge on any atom is 0.0513 e. The molecule has 0 radical (unpaired) electrons. The quantitative estimate of drug-likeness (QED) is 0.682. The second kappa shape index (κ2) is 8.68. The highest BCUT2D eigenvalue weighted by atomic mass is 79.9. The van der Waals surface area contributed by atoms with E-state index in [1.54, 1.807) is 0 Å². The molecule has 1 rings (SSSR count). The highest BCUT2D eigenvalue weighted by molar-refractivity contribution is 9.10. The van der Waals surface area contributed by atoms with Crippen LogP contribution >= 0.6 is 15.9 Å². The van der Waals surface area contributed by atoms with Crippen LogP contribution in [0, 0.1) is 5.92 Å². The van der Waals surface area contributed by atoms with Gasteiger partial charge in [0.05, 0.1) is 5.69 Å². The first-order chi connectivity index (χ1) is 9.45. The summed E-state index contributed by atoms with van der Waals surface area (Å²) in [6.07, 6.45) is 1.18. The molecule has 0 bridgehead atoms. The number of rotatable bonds is 8. The fourth-order valence-electron chi connectivity index (χ4n) is 2.28. The summed E-state index contributed by atoms with van der Waals surface area (Å²) >= 11 is 3.75. The van der Waals surface area contributed by atoms with Crippen molar-refractivity contribution in [3.63, 3.8) is 0 Å². The van der Waals surface area contributed by atoms with E-state index in [0.717, 1.165) is 19.6 Å². The Morgan fingerprint density at radius 3 is 2.40 bits per heavy atom. The molecule has 0 fully saturated rings.